The fourth-order valence-electron chi connectivity index (χ4n) is 0.860. The molecule has 0 fully saturated rings. The van der Waals surface area contributed by atoms with Crippen molar-refractivity contribution in [3.63, 3.8) is 0 Å². The lowest BCUT2D eigenvalue weighted by Gasteiger charge is -2.13. The van der Waals surface area contributed by atoms with Gasteiger partial charge in [-0.15, -0.1) is 0 Å². The van der Waals surface area contributed by atoms with Gasteiger partial charge in [-0.1, -0.05) is 6.92 Å². The molecule has 2 nitrogen and oxygen atoms in total. The molecule has 3 heteroatoms. The van der Waals surface area contributed by atoms with Crippen molar-refractivity contribution in [2.45, 2.75) is 26.3 Å². The Kier molecular flexibility index (Phi) is 3.53. The average Bonchev–Trinajstić information content (AvgIpc) is 2.09. The monoisotopic (exact) mass is 228 g/mol. The molecule has 1 unspecified atom stereocenters. The molecular weight excluding hydrogens is 216 g/mol. The molecule has 12 heavy (non-hydrogen) atoms. The number of nitrogens with zero attached hydrogens (tertiary/aromatic N) is 1. The summed E-state index contributed by atoms with van der Waals surface area (Å²) in [5.74, 6) is 0. The van der Waals surface area contributed by atoms with E-state index in [-0.39, 0.29) is 0 Å². The van der Waals surface area contributed by atoms with Gasteiger partial charge in [0.25, 0.3) is 0 Å². The van der Waals surface area contributed by atoms with Crippen molar-refractivity contribution in [1.29, 1.82) is 0 Å². The molecule has 1 aromatic heterocycles. The zero-order valence-corrected chi connectivity index (χ0v) is 8.93. The van der Waals surface area contributed by atoms with Crippen molar-refractivity contribution < 1.29 is 0 Å². The van der Waals surface area contributed by atoms with Gasteiger partial charge >= 0.3 is 0 Å². The van der Waals surface area contributed by atoms with Gasteiger partial charge in [-0.3, -0.25) is 4.98 Å². The van der Waals surface area contributed by atoms with E-state index >= 15 is 0 Å². The first-order chi connectivity index (χ1) is 5.74. The lowest BCUT2D eigenvalue weighted by molar-refractivity contribution is 0.763. The molecule has 66 valence electrons. The molecule has 0 saturated heterocycles. The molecule has 0 radical (unpaired) electrons. The van der Waals surface area contributed by atoms with Crippen LogP contribution in [0.4, 0.5) is 5.69 Å². The summed E-state index contributed by atoms with van der Waals surface area (Å²) in [5.41, 5.74) is 1.11. The molecule has 0 aliphatic rings. The van der Waals surface area contributed by atoms with Crippen LogP contribution in [-0.2, 0) is 0 Å². The first kappa shape index (κ1) is 9.52. The minimum Gasteiger partial charge on any atom is -0.382 e. The summed E-state index contributed by atoms with van der Waals surface area (Å²) < 4.78 is 1.02. The Balaban J connectivity index is 2.69. The van der Waals surface area contributed by atoms with E-state index in [0.717, 1.165) is 16.6 Å². The van der Waals surface area contributed by atoms with E-state index in [4.69, 9.17) is 0 Å². The summed E-state index contributed by atoms with van der Waals surface area (Å²) in [7, 11) is 0. The Morgan fingerprint density at radius 3 is 3.00 bits per heavy atom. The van der Waals surface area contributed by atoms with Crippen molar-refractivity contribution in [2.24, 2.45) is 0 Å². The maximum Gasteiger partial charge on any atom is 0.0590 e. The predicted molar refractivity (Wildman–Crippen MR) is 55.3 cm³/mol. The van der Waals surface area contributed by atoms with Gasteiger partial charge in [0.15, 0.2) is 0 Å². The maximum absolute atomic E-state index is 3.99. The van der Waals surface area contributed by atoms with Crippen LogP contribution in [0.25, 0.3) is 0 Å². The molecule has 0 aliphatic heterocycles. The summed E-state index contributed by atoms with van der Waals surface area (Å²) in [5, 5.41) is 3.37. The van der Waals surface area contributed by atoms with Gasteiger partial charge in [0.05, 0.1) is 10.2 Å². The number of halogens is 1. The van der Waals surface area contributed by atoms with Crippen LogP contribution in [0.5, 0.6) is 0 Å². The van der Waals surface area contributed by atoms with E-state index < -0.39 is 0 Å². The molecule has 0 saturated carbocycles. The van der Waals surface area contributed by atoms with E-state index in [1.165, 1.54) is 0 Å². The second kappa shape index (κ2) is 4.45. The highest BCUT2D eigenvalue weighted by Crippen LogP contribution is 2.20. The SMILES string of the molecule is CCC(C)Nc1ccncc1Br. The van der Waals surface area contributed by atoms with Crippen LogP contribution in [0.15, 0.2) is 22.9 Å². The second-order valence-corrected chi connectivity index (χ2v) is 3.66. The average molecular weight is 229 g/mol. The predicted octanol–water partition coefficient (Wildman–Crippen LogP) is 3.05. The van der Waals surface area contributed by atoms with Gasteiger partial charge < -0.3 is 5.32 Å². The number of aromatic nitrogens is 1. The van der Waals surface area contributed by atoms with Gasteiger partial charge in [-0.25, -0.2) is 0 Å². The molecule has 0 spiro atoms. The van der Waals surface area contributed by atoms with Crippen LogP contribution >= 0.6 is 15.9 Å². The fraction of sp³-hybridized carbons (Fsp3) is 0.444. The quantitative estimate of drug-likeness (QED) is 0.861. The number of hydrogen-bond acceptors (Lipinski definition) is 2. The van der Waals surface area contributed by atoms with Crippen LogP contribution in [0.2, 0.25) is 0 Å². The maximum atomic E-state index is 3.99. The Labute approximate surface area is 81.5 Å². The van der Waals surface area contributed by atoms with E-state index in [0.29, 0.717) is 6.04 Å². The summed E-state index contributed by atoms with van der Waals surface area (Å²) in [6, 6.07) is 2.47. The number of pyridine rings is 1. The largest absolute Gasteiger partial charge is 0.382 e. The van der Waals surface area contributed by atoms with Crippen LogP contribution in [-0.4, -0.2) is 11.0 Å². The topological polar surface area (TPSA) is 24.9 Å². The smallest absolute Gasteiger partial charge is 0.0590 e. The van der Waals surface area contributed by atoms with Gasteiger partial charge in [0.2, 0.25) is 0 Å². The van der Waals surface area contributed by atoms with E-state index in [9.17, 15) is 0 Å². The van der Waals surface area contributed by atoms with Crippen molar-refractivity contribution in [3.8, 4) is 0 Å². The first-order valence-electron chi connectivity index (χ1n) is 4.10. The van der Waals surface area contributed by atoms with Crippen LogP contribution < -0.4 is 5.32 Å². The fourth-order valence-corrected chi connectivity index (χ4v) is 1.22. The number of anilines is 1. The zero-order chi connectivity index (χ0) is 8.97. The minimum atomic E-state index is 0.503. The Hall–Kier alpha value is -0.570. The van der Waals surface area contributed by atoms with Crippen molar-refractivity contribution in [3.05, 3.63) is 22.9 Å². The Bertz CT molecular complexity index is 250. The third kappa shape index (κ3) is 2.48. The van der Waals surface area contributed by atoms with Crippen LogP contribution in [0, 0.1) is 0 Å². The van der Waals surface area contributed by atoms with Crippen molar-refractivity contribution in [1.82, 2.24) is 4.98 Å². The highest BCUT2D eigenvalue weighted by atomic mass is 79.9. The number of hydrogen-bond donors (Lipinski definition) is 1. The molecule has 1 N–H and O–H groups in total. The normalized spacial score (nSPS) is 12.6. The molecule has 1 rings (SSSR count). The molecule has 0 aromatic carbocycles. The van der Waals surface area contributed by atoms with Crippen LogP contribution in [0.1, 0.15) is 20.3 Å². The van der Waals surface area contributed by atoms with Gasteiger partial charge in [0.1, 0.15) is 0 Å². The molecular formula is C9H13BrN2. The molecule has 0 bridgehead atoms. The van der Waals surface area contributed by atoms with E-state index in [1.807, 2.05) is 6.07 Å². The number of nitrogens with one attached hydrogen (secondary N) is 1. The van der Waals surface area contributed by atoms with Crippen molar-refractivity contribution in [2.75, 3.05) is 5.32 Å². The summed E-state index contributed by atoms with van der Waals surface area (Å²) in [4.78, 5) is 3.99. The molecule has 0 aliphatic carbocycles. The van der Waals surface area contributed by atoms with E-state index in [1.54, 1.807) is 12.4 Å². The standard InChI is InChI=1S/C9H13BrN2/c1-3-7(2)12-9-4-5-11-6-8(9)10/h4-7H,3H2,1-2H3,(H,11,12). The summed E-state index contributed by atoms with van der Waals surface area (Å²) >= 11 is 3.43. The first-order valence-corrected chi connectivity index (χ1v) is 4.89. The second-order valence-electron chi connectivity index (χ2n) is 2.81. The third-order valence-corrected chi connectivity index (χ3v) is 2.42. The number of rotatable bonds is 3. The molecule has 0 amide bonds. The summed E-state index contributed by atoms with van der Waals surface area (Å²) in [6.07, 6.45) is 4.70. The Morgan fingerprint density at radius 2 is 2.42 bits per heavy atom. The van der Waals surface area contributed by atoms with Gasteiger partial charge in [0, 0.05) is 18.4 Å². The molecule has 1 atom stereocenters. The Morgan fingerprint density at radius 1 is 1.67 bits per heavy atom. The van der Waals surface area contributed by atoms with Crippen LogP contribution in [0.3, 0.4) is 0 Å². The highest BCUT2D eigenvalue weighted by molar-refractivity contribution is 9.10. The lowest BCUT2D eigenvalue weighted by atomic mass is 10.2. The third-order valence-electron chi connectivity index (χ3n) is 1.79. The molecule has 1 aromatic rings. The van der Waals surface area contributed by atoms with Crippen molar-refractivity contribution >= 4 is 21.6 Å². The molecule has 1 heterocycles. The lowest BCUT2D eigenvalue weighted by Crippen LogP contribution is -2.13. The highest BCUT2D eigenvalue weighted by Gasteiger charge is 2.01. The zero-order valence-electron chi connectivity index (χ0n) is 7.34. The van der Waals surface area contributed by atoms with Gasteiger partial charge in [-0.05, 0) is 35.3 Å². The summed E-state index contributed by atoms with van der Waals surface area (Å²) in [6.45, 7) is 4.32. The van der Waals surface area contributed by atoms with Gasteiger partial charge in [-0.2, -0.15) is 0 Å². The van der Waals surface area contributed by atoms with E-state index in [2.05, 4.69) is 40.1 Å². The minimum absolute atomic E-state index is 0.503.